The van der Waals surface area contributed by atoms with Gasteiger partial charge in [0.25, 0.3) is 0 Å². The monoisotopic (exact) mass is 351 g/mol. The first-order valence-corrected chi connectivity index (χ1v) is 9.68. The second-order valence-electron chi connectivity index (χ2n) is 4.61. The van der Waals surface area contributed by atoms with E-state index in [4.69, 9.17) is 0 Å². The Morgan fingerprint density at radius 3 is 2.83 bits per heavy atom. The van der Waals surface area contributed by atoms with Crippen LogP contribution in [0.15, 0.2) is 15.2 Å². The maximum atomic E-state index is 12.3. The number of thiophene rings is 1. The summed E-state index contributed by atoms with van der Waals surface area (Å²) in [5.41, 5.74) is 1.08. The highest BCUT2D eigenvalue weighted by Crippen LogP contribution is 2.35. The average molecular weight is 352 g/mol. The highest BCUT2D eigenvalue weighted by Gasteiger charge is 2.36. The molecule has 3 nitrogen and oxygen atoms in total. The molecule has 0 aliphatic carbocycles. The van der Waals surface area contributed by atoms with E-state index in [1.807, 2.05) is 17.7 Å². The molecule has 1 aromatic rings. The molecule has 2 atom stereocenters. The van der Waals surface area contributed by atoms with E-state index in [2.05, 4.69) is 21.2 Å². The molecule has 6 heteroatoms. The van der Waals surface area contributed by atoms with Gasteiger partial charge < -0.3 is 5.32 Å². The van der Waals surface area contributed by atoms with Crippen molar-refractivity contribution >= 4 is 37.1 Å². The topological polar surface area (TPSA) is 46.2 Å². The Hall–Kier alpha value is 0.0900. The van der Waals surface area contributed by atoms with Gasteiger partial charge in [-0.25, -0.2) is 8.42 Å². The third-order valence-corrected chi connectivity index (χ3v) is 7.44. The highest BCUT2D eigenvalue weighted by molar-refractivity contribution is 9.10. The Morgan fingerprint density at radius 1 is 1.50 bits per heavy atom. The van der Waals surface area contributed by atoms with Crippen LogP contribution >= 0.6 is 27.3 Å². The van der Waals surface area contributed by atoms with Gasteiger partial charge in [-0.2, -0.15) is 11.3 Å². The summed E-state index contributed by atoms with van der Waals surface area (Å²) in [5, 5.41) is 7.12. The third kappa shape index (κ3) is 2.98. The predicted octanol–water partition coefficient (Wildman–Crippen LogP) is 3.13. The Balaban J connectivity index is 2.33. The first-order valence-electron chi connectivity index (χ1n) is 6.23. The summed E-state index contributed by atoms with van der Waals surface area (Å²) in [7, 11) is -2.97. The van der Waals surface area contributed by atoms with E-state index < -0.39 is 9.84 Å². The molecule has 1 fully saturated rings. The molecule has 1 aliphatic heterocycles. The smallest absolute Gasteiger partial charge is 0.155 e. The van der Waals surface area contributed by atoms with Crippen LogP contribution in [-0.2, 0) is 9.84 Å². The molecule has 2 heterocycles. The lowest BCUT2D eigenvalue weighted by Gasteiger charge is -2.30. The van der Waals surface area contributed by atoms with Gasteiger partial charge in [-0.15, -0.1) is 0 Å². The molecular formula is C12H18BrNO2S2. The number of halogens is 1. The van der Waals surface area contributed by atoms with Crippen molar-refractivity contribution in [1.29, 1.82) is 0 Å². The van der Waals surface area contributed by atoms with Crippen molar-refractivity contribution in [2.75, 3.05) is 12.3 Å². The molecule has 1 aromatic heterocycles. The fourth-order valence-corrected chi connectivity index (χ4v) is 6.20. The van der Waals surface area contributed by atoms with E-state index in [0.29, 0.717) is 5.75 Å². The second-order valence-corrected chi connectivity index (χ2v) is 8.55. The number of sulfone groups is 1. The number of rotatable bonds is 4. The molecule has 0 radical (unpaired) electrons. The van der Waals surface area contributed by atoms with Gasteiger partial charge in [0.1, 0.15) is 0 Å². The van der Waals surface area contributed by atoms with Gasteiger partial charge in [0.2, 0.25) is 0 Å². The molecule has 18 heavy (non-hydrogen) atoms. The summed E-state index contributed by atoms with van der Waals surface area (Å²) in [6.45, 7) is 2.79. The van der Waals surface area contributed by atoms with Gasteiger partial charge in [0.05, 0.1) is 17.0 Å². The number of hydrogen-bond donors (Lipinski definition) is 1. The van der Waals surface area contributed by atoms with E-state index in [-0.39, 0.29) is 11.3 Å². The van der Waals surface area contributed by atoms with Crippen LogP contribution in [0, 0.1) is 0 Å². The number of nitrogens with one attached hydrogen (secondary N) is 1. The molecule has 0 saturated carbocycles. The van der Waals surface area contributed by atoms with E-state index in [9.17, 15) is 8.42 Å². The van der Waals surface area contributed by atoms with Crippen molar-refractivity contribution in [2.24, 2.45) is 0 Å². The molecule has 1 saturated heterocycles. The van der Waals surface area contributed by atoms with Crippen LogP contribution in [-0.4, -0.2) is 26.0 Å². The van der Waals surface area contributed by atoms with Crippen LogP contribution in [0.4, 0.5) is 0 Å². The fraction of sp³-hybridized carbons (Fsp3) is 0.667. The Morgan fingerprint density at radius 2 is 2.28 bits per heavy atom. The van der Waals surface area contributed by atoms with Gasteiger partial charge >= 0.3 is 0 Å². The summed E-state index contributed by atoms with van der Waals surface area (Å²) in [6, 6.07) is -0.0825. The van der Waals surface area contributed by atoms with E-state index in [1.54, 1.807) is 11.3 Å². The van der Waals surface area contributed by atoms with E-state index in [0.717, 1.165) is 35.8 Å². The zero-order valence-corrected chi connectivity index (χ0v) is 13.6. The molecule has 0 amide bonds. The summed E-state index contributed by atoms with van der Waals surface area (Å²) >= 11 is 5.12. The van der Waals surface area contributed by atoms with Crippen molar-refractivity contribution in [3.8, 4) is 0 Å². The van der Waals surface area contributed by atoms with Crippen LogP contribution in [0.2, 0.25) is 0 Å². The molecule has 2 rings (SSSR count). The minimum atomic E-state index is -2.97. The van der Waals surface area contributed by atoms with E-state index >= 15 is 0 Å². The molecule has 1 N–H and O–H groups in total. The predicted molar refractivity (Wildman–Crippen MR) is 79.9 cm³/mol. The minimum Gasteiger partial charge on any atom is -0.309 e. The van der Waals surface area contributed by atoms with Crippen molar-refractivity contribution in [2.45, 2.75) is 37.5 Å². The summed E-state index contributed by atoms with van der Waals surface area (Å²) in [4.78, 5) is 0. The molecule has 2 unspecified atom stereocenters. The maximum Gasteiger partial charge on any atom is 0.155 e. The quantitative estimate of drug-likeness (QED) is 0.906. The van der Waals surface area contributed by atoms with Crippen molar-refractivity contribution in [3.63, 3.8) is 0 Å². The summed E-state index contributed by atoms with van der Waals surface area (Å²) < 4.78 is 25.5. The van der Waals surface area contributed by atoms with Crippen LogP contribution in [0.3, 0.4) is 0 Å². The van der Waals surface area contributed by atoms with Gasteiger partial charge in [-0.1, -0.05) is 13.3 Å². The second kappa shape index (κ2) is 6.03. The maximum absolute atomic E-state index is 12.3. The first-order chi connectivity index (χ1) is 8.56. The molecule has 0 bridgehead atoms. The van der Waals surface area contributed by atoms with Crippen molar-refractivity contribution in [3.05, 3.63) is 20.8 Å². The molecule has 1 aliphatic rings. The lowest BCUT2D eigenvalue weighted by Crippen LogP contribution is -2.40. The highest BCUT2D eigenvalue weighted by atomic mass is 79.9. The SMILES string of the molecule is CCNC(c1cscc1Br)C1CCCCS1(=O)=O. The lowest BCUT2D eigenvalue weighted by molar-refractivity contribution is 0.454. The Labute approximate surface area is 121 Å². The molecular weight excluding hydrogens is 334 g/mol. The van der Waals surface area contributed by atoms with Crippen molar-refractivity contribution in [1.82, 2.24) is 5.32 Å². The third-order valence-electron chi connectivity index (χ3n) is 3.40. The summed E-state index contributed by atoms with van der Waals surface area (Å²) in [6.07, 6.45) is 2.58. The van der Waals surface area contributed by atoms with E-state index in [1.165, 1.54) is 0 Å². The summed E-state index contributed by atoms with van der Waals surface area (Å²) in [5.74, 6) is 0.335. The van der Waals surface area contributed by atoms with Gasteiger partial charge in [0, 0.05) is 9.85 Å². The average Bonchev–Trinajstić information content (AvgIpc) is 2.72. The Bertz CT molecular complexity index is 498. The van der Waals surface area contributed by atoms with Crippen LogP contribution in [0.5, 0.6) is 0 Å². The fourth-order valence-electron chi connectivity index (χ4n) is 2.53. The lowest BCUT2D eigenvalue weighted by atomic mass is 10.0. The van der Waals surface area contributed by atoms with Gasteiger partial charge in [-0.3, -0.25) is 0 Å². The zero-order chi connectivity index (χ0) is 13.2. The van der Waals surface area contributed by atoms with Crippen LogP contribution in [0.25, 0.3) is 0 Å². The molecule has 0 spiro atoms. The zero-order valence-electron chi connectivity index (χ0n) is 10.4. The van der Waals surface area contributed by atoms with Crippen molar-refractivity contribution < 1.29 is 8.42 Å². The standard InChI is InChI=1S/C12H18BrNO2S2/c1-2-14-12(9-7-17-8-10(9)13)11-5-3-4-6-18(11,15)16/h7-8,11-12,14H,2-6H2,1H3. The van der Waals surface area contributed by atoms with Gasteiger partial charge in [-0.05, 0) is 46.3 Å². The largest absolute Gasteiger partial charge is 0.309 e. The first kappa shape index (κ1) is 14.5. The molecule has 102 valence electrons. The normalized spacial score (nSPS) is 24.9. The van der Waals surface area contributed by atoms with Gasteiger partial charge in [0.15, 0.2) is 9.84 Å². The van der Waals surface area contributed by atoms with Crippen LogP contribution in [0.1, 0.15) is 37.8 Å². The minimum absolute atomic E-state index is 0.0825. The Kier molecular flexibility index (Phi) is 4.86. The van der Waals surface area contributed by atoms with Crippen LogP contribution < -0.4 is 5.32 Å². The molecule has 0 aromatic carbocycles. The number of hydrogen-bond acceptors (Lipinski definition) is 4.